The summed E-state index contributed by atoms with van der Waals surface area (Å²) in [5, 5.41) is 6.46. The quantitative estimate of drug-likeness (QED) is 0.644. The molecule has 6 heteroatoms. The first-order valence-electron chi connectivity index (χ1n) is 8.51. The van der Waals surface area contributed by atoms with Gasteiger partial charge in [-0.15, -0.1) is 0 Å². The number of methoxy groups -OCH3 is 1. The molecule has 0 aliphatic carbocycles. The number of halogens is 1. The molecule has 1 atom stereocenters. The Morgan fingerprint density at radius 3 is 2.78 bits per heavy atom. The molecule has 2 aromatic carbocycles. The van der Waals surface area contributed by atoms with Crippen molar-refractivity contribution >= 4 is 23.2 Å². The average molecular weight is 381 g/mol. The fraction of sp³-hybridized carbons (Fsp3) is 0.143. The SMILES string of the molecule is COc1cccc(C2=NN(C(=O)c3ccccc3Cl)[C@H](c3ccco3)C2)c1. The maximum absolute atomic E-state index is 13.1. The molecular formula is C21H17ClN2O3. The summed E-state index contributed by atoms with van der Waals surface area (Å²) in [5.74, 6) is 1.15. The number of hydrazone groups is 1. The number of carbonyl (C=O) groups excluding carboxylic acids is 1. The Kier molecular flexibility index (Phi) is 4.69. The molecular weight excluding hydrogens is 364 g/mol. The van der Waals surface area contributed by atoms with Crippen molar-refractivity contribution in [2.45, 2.75) is 12.5 Å². The van der Waals surface area contributed by atoms with Gasteiger partial charge in [0.15, 0.2) is 0 Å². The van der Waals surface area contributed by atoms with Crippen LogP contribution in [-0.2, 0) is 0 Å². The molecule has 4 rings (SSSR count). The van der Waals surface area contributed by atoms with E-state index < -0.39 is 0 Å². The van der Waals surface area contributed by atoms with Crippen LogP contribution in [0.15, 0.2) is 76.4 Å². The van der Waals surface area contributed by atoms with Crippen molar-refractivity contribution in [1.29, 1.82) is 0 Å². The van der Waals surface area contributed by atoms with Gasteiger partial charge in [-0.2, -0.15) is 5.10 Å². The van der Waals surface area contributed by atoms with E-state index in [1.807, 2.05) is 30.3 Å². The van der Waals surface area contributed by atoms with Gasteiger partial charge < -0.3 is 9.15 Å². The number of hydrogen-bond acceptors (Lipinski definition) is 4. The Bertz CT molecular complexity index is 998. The second kappa shape index (κ2) is 7.29. The molecule has 3 aromatic rings. The maximum atomic E-state index is 13.1. The maximum Gasteiger partial charge on any atom is 0.276 e. The van der Waals surface area contributed by atoms with Crippen LogP contribution in [0.3, 0.4) is 0 Å². The van der Waals surface area contributed by atoms with Crippen LogP contribution in [-0.4, -0.2) is 23.7 Å². The van der Waals surface area contributed by atoms with Gasteiger partial charge in [0, 0.05) is 12.0 Å². The fourth-order valence-corrected chi connectivity index (χ4v) is 3.35. The van der Waals surface area contributed by atoms with Crippen molar-refractivity contribution in [2.24, 2.45) is 5.10 Å². The molecule has 0 bridgehead atoms. The number of carbonyl (C=O) groups is 1. The number of rotatable bonds is 4. The first-order valence-corrected chi connectivity index (χ1v) is 8.88. The summed E-state index contributed by atoms with van der Waals surface area (Å²) in [6.45, 7) is 0. The molecule has 2 heterocycles. The predicted octanol–water partition coefficient (Wildman–Crippen LogP) is 4.93. The van der Waals surface area contributed by atoms with Crippen molar-refractivity contribution in [1.82, 2.24) is 5.01 Å². The molecule has 0 saturated heterocycles. The van der Waals surface area contributed by atoms with Crippen LogP contribution < -0.4 is 4.74 Å². The fourth-order valence-electron chi connectivity index (χ4n) is 3.14. The lowest BCUT2D eigenvalue weighted by Gasteiger charge is -2.20. The number of amides is 1. The third-order valence-corrected chi connectivity index (χ3v) is 4.83. The van der Waals surface area contributed by atoms with E-state index in [-0.39, 0.29) is 11.9 Å². The summed E-state index contributed by atoms with van der Waals surface area (Å²) in [4.78, 5) is 13.1. The van der Waals surface area contributed by atoms with Crippen LogP contribution in [0.4, 0.5) is 0 Å². The van der Waals surface area contributed by atoms with Crippen LogP contribution >= 0.6 is 11.6 Å². The molecule has 0 radical (unpaired) electrons. The smallest absolute Gasteiger partial charge is 0.276 e. The van der Waals surface area contributed by atoms with E-state index in [1.54, 1.807) is 43.7 Å². The van der Waals surface area contributed by atoms with E-state index in [0.717, 1.165) is 17.0 Å². The van der Waals surface area contributed by atoms with Gasteiger partial charge >= 0.3 is 0 Å². The summed E-state index contributed by atoms with van der Waals surface area (Å²) >= 11 is 6.23. The van der Waals surface area contributed by atoms with Crippen molar-refractivity contribution in [3.05, 3.63) is 88.8 Å². The molecule has 1 amide bonds. The summed E-state index contributed by atoms with van der Waals surface area (Å²) in [7, 11) is 1.62. The zero-order chi connectivity index (χ0) is 18.8. The summed E-state index contributed by atoms with van der Waals surface area (Å²) in [6, 6.07) is 17.9. The molecule has 136 valence electrons. The summed E-state index contributed by atoms with van der Waals surface area (Å²) in [6.07, 6.45) is 2.13. The van der Waals surface area contributed by atoms with E-state index in [9.17, 15) is 4.79 Å². The monoisotopic (exact) mass is 380 g/mol. The molecule has 1 aliphatic rings. The number of ether oxygens (including phenoxy) is 1. The summed E-state index contributed by atoms with van der Waals surface area (Å²) in [5.41, 5.74) is 2.10. The van der Waals surface area contributed by atoms with Gasteiger partial charge in [0.2, 0.25) is 0 Å². The Morgan fingerprint density at radius 2 is 2.04 bits per heavy atom. The number of furan rings is 1. The van der Waals surface area contributed by atoms with E-state index in [1.165, 1.54) is 5.01 Å². The van der Waals surface area contributed by atoms with Crippen molar-refractivity contribution in [3.8, 4) is 5.75 Å². The largest absolute Gasteiger partial charge is 0.497 e. The Labute approximate surface area is 161 Å². The first kappa shape index (κ1) is 17.4. The van der Waals surface area contributed by atoms with E-state index in [4.69, 9.17) is 20.8 Å². The molecule has 5 nitrogen and oxygen atoms in total. The standard InChI is InChI=1S/C21H17ClN2O3/c1-26-15-7-4-6-14(12-15)18-13-19(20-10-5-11-27-20)24(23-18)21(25)16-8-2-3-9-17(16)22/h2-12,19H,13H2,1H3/t19-/m0/s1. The zero-order valence-electron chi connectivity index (χ0n) is 14.6. The first-order chi connectivity index (χ1) is 13.2. The van der Waals surface area contributed by atoms with Gasteiger partial charge in [0.1, 0.15) is 17.6 Å². The second-order valence-electron chi connectivity index (χ2n) is 6.14. The van der Waals surface area contributed by atoms with Gasteiger partial charge in [-0.3, -0.25) is 4.79 Å². The lowest BCUT2D eigenvalue weighted by molar-refractivity contribution is 0.0693. The van der Waals surface area contributed by atoms with Gasteiger partial charge in [0.25, 0.3) is 5.91 Å². The highest BCUT2D eigenvalue weighted by Gasteiger charge is 2.36. The van der Waals surface area contributed by atoms with E-state index >= 15 is 0 Å². The zero-order valence-corrected chi connectivity index (χ0v) is 15.4. The molecule has 0 N–H and O–H groups in total. The highest BCUT2D eigenvalue weighted by atomic mass is 35.5. The topological polar surface area (TPSA) is 55.0 Å². The Morgan fingerprint density at radius 1 is 1.19 bits per heavy atom. The van der Waals surface area contributed by atoms with Gasteiger partial charge in [0.05, 0.1) is 29.7 Å². The van der Waals surface area contributed by atoms with Crippen LogP contribution in [0.5, 0.6) is 5.75 Å². The Hall–Kier alpha value is -3.05. The van der Waals surface area contributed by atoms with Crippen LogP contribution in [0.1, 0.15) is 34.1 Å². The lowest BCUT2D eigenvalue weighted by Crippen LogP contribution is -2.27. The van der Waals surface area contributed by atoms with E-state index in [2.05, 4.69) is 5.10 Å². The third kappa shape index (κ3) is 3.34. The molecule has 1 aliphatic heterocycles. The van der Waals surface area contributed by atoms with Gasteiger partial charge in [-0.1, -0.05) is 35.9 Å². The molecule has 0 saturated carbocycles. The minimum Gasteiger partial charge on any atom is -0.497 e. The molecule has 0 unspecified atom stereocenters. The number of benzene rings is 2. The van der Waals surface area contributed by atoms with Crippen molar-refractivity contribution < 1.29 is 13.9 Å². The minimum absolute atomic E-state index is 0.264. The summed E-state index contributed by atoms with van der Waals surface area (Å²) < 4.78 is 10.9. The molecule has 27 heavy (non-hydrogen) atoms. The normalized spacial score (nSPS) is 16.3. The van der Waals surface area contributed by atoms with Gasteiger partial charge in [-0.25, -0.2) is 5.01 Å². The van der Waals surface area contributed by atoms with Crippen LogP contribution in [0.25, 0.3) is 0 Å². The highest BCUT2D eigenvalue weighted by molar-refractivity contribution is 6.33. The van der Waals surface area contributed by atoms with Crippen molar-refractivity contribution in [2.75, 3.05) is 7.11 Å². The molecule has 0 fully saturated rings. The average Bonchev–Trinajstić information content (AvgIpc) is 3.37. The Balaban J connectivity index is 1.74. The van der Waals surface area contributed by atoms with Crippen molar-refractivity contribution in [3.63, 3.8) is 0 Å². The highest BCUT2D eigenvalue weighted by Crippen LogP contribution is 2.35. The number of hydrogen-bond donors (Lipinski definition) is 0. The van der Waals surface area contributed by atoms with Crippen LogP contribution in [0.2, 0.25) is 5.02 Å². The third-order valence-electron chi connectivity index (χ3n) is 4.50. The second-order valence-corrected chi connectivity index (χ2v) is 6.55. The lowest BCUT2D eigenvalue weighted by atomic mass is 10.0. The van der Waals surface area contributed by atoms with Gasteiger partial charge in [-0.05, 0) is 36.4 Å². The molecule has 0 spiro atoms. The minimum atomic E-state index is -0.329. The molecule has 1 aromatic heterocycles. The van der Waals surface area contributed by atoms with Crippen LogP contribution in [0, 0.1) is 0 Å². The number of nitrogens with zero attached hydrogens (tertiary/aromatic N) is 2. The predicted molar refractivity (Wildman–Crippen MR) is 103 cm³/mol. The van der Waals surface area contributed by atoms with E-state index in [0.29, 0.717) is 22.8 Å².